The summed E-state index contributed by atoms with van der Waals surface area (Å²) in [6.07, 6.45) is 0. The lowest BCUT2D eigenvalue weighted by Gasteiger charge is -2.10. The highest BCUT2D eigenvalue weighted by Gasteiger charge is 2.17. The van der Waals surface area contributed by atoms with Gasteiger partial charge < -0.3 is 13.6 Å². The van der Waals surface area contributed by atoms with Gasteiger partial charge in [0.05, 0.1) is 27.8 Å². The minimum Gasteiger partial charge on any atom is -0.455 e. The summed E-state index contributed by atoms with van der Waals surface area (Å²) in [5.74, 6) is 0. The average Bonchev–Trinajstić information content (AvgIpc) is 3.85. The highest BCUT2D eigenvalue weighted by Crippen LogP contribution is 2.40. The number of aromatic nitrogens is 2. The molecule has 236 valence electrons. The molecule has 0 saturated carbocycles. The number of furan rings is 1. The first-order valence-corrected chi connectivity index (χ1v) is 17.3. The molecular formula is C48H28N2O. The van der Waals surface area contributed by atoms with Crippen molar-refractivity contribution in [1.29, 1.82) is 0 Å². The van der Waals surface area contributed by atoms with E-state index in [0.29, 0.717) is 0 Å². The zero-order valence-corrected chi connectivity index (χ0v) is 27.5. The zero-order valence-electron chi connectivity index (χ0n) is 27.5. The van der Waals surface area contributed by atoms with E-state index in [9.17, 15) is 0 Å². The molecule has 0 saturated heterocycles. The molecule has 3 heterocycles. The Bertz CT molecular complexity index is 3090. The van der Waals surface area contributed by atoms with Crippen LogP contribution in [0.25, 0.3) is 99.2 Å². The number of hydrogen-bond donors (Lipinski definition) is 0. The molecule has 11 rings (SSSR count). The van der Waals surface area contributed by atoms with Gasteiger partial charge in [-0.15, -0.1) is 0 Å². The SMILES string of the molecule is c1cccc(-n2c3ccccc3c3cc(-c4ccc5oc6c(-c7cccc(-n8c9ccccc9c9ccccc98)c7)cccc6c5c4)ccc32)c#1. The van der Waals surface area contributed by atoms with E-state index in [-0.39, 0.29) is 0 Å². The number of nitrogens with zero attached hydrogens (tertiary/aromatic N) is 2. The number of rotatable bonds is 4. The lowest BCUT2D eigenvalue weighted by molar-refractivity contribution is 0.670. The predicted octanol–water partition coefficient (Wildman–Crippen LogP) is 12.7. The van der Waals surface area contributed by atoms with Crippen molar-refractivity contribution in [3.63, 3.8) is 0 Å². The zero-order chi connectivity index (χ0) is 33.5. The molecule has 0 amide bonds. The second-order valence-electron chi connectivity index (χ2n) is 13.2. The maximum absolute atomic E-state index is 6.66. The first kappa shape index (κ1) is 27.9. The molecule has 0 N–H and O–H groups in total. The Balaban J connectivity index is 1.04. The number of fused-ring (bicyclic) bond motifs is 9. The van der Waals surface area contributed by atoms with Crippen molar-refractivity contribution in [3.05, 3.63) is 182 Å². The van der Waals surface area contributed by atoms with Crippen LogP contribution >= 0.6 is 0 Å². The molecule has 8 aromatic carbocycles. The van der Waals surface area contributed by atoms with Crippen molar-refractivity contribution in [2.45, 2.75) is 0 Å². The van der Waals surface area contributed by atoms with Crippen LogP contribution in [0, 0.1) is 12.1 Å². The van der Waals surface area contributed by atoms with Gasteiger partial charge in [-0.25, -0.2) is 0 Å². The summed E-state index contributed by atoms with van der Waals surface area (Å²) in [7, 11) is 0. The van der Waals surface area contributed by atoms with E-state index in [1.807, 2.05) is 12.1 Å². The van der Waals surface area contributed by atoms with Gasteiger partial charge in [-0.2, -0.15) is 0 Å². The van der Waals surface area contributed by atoms with Crippen LogP contribution < -0.4 is 0 Å². The van der Waals surface area contributed by atoms with Gasteiger partial charge in [-0.05, 0) is 89.5 Å². The van der Waals surface area contributed by atoms with Crippen molar-refractivity contribution in [3.8, 4) is 33.6 Å². The van der Waals surface area contributed by atoms with Gasteiger partial charge in [0, 0.05) is 43.6 Å². The van der Waals surface area contributed by atoms with Crippen LogP contribution in [0.3, 0.4) is 0 Å². The number of hydrogen-bond acceptors (Lipinski definition) is 1. The van der Waals surface area contributed by atoms with Crippen LogP contribution in [-0.2, 0) is 0 Å². The Labute approximate surface area is 293 Å². The van der Waals surface area contributed by atoms with Gasteiger partial charge in [0.25, 0.3) is 0 Å². The van der Waals surface area contributed by atoms with Gasteiger partial charge in [-0.3, -0.25) is 0 Å². The molecule has 0 aliphatic heterocycles. The Kier molecular flexibility index (Phi) is 5.87. The predicted molar refractivity (Wildman–Crippen MR) is 211 cm³/mol. The van der Waals surface area contributed by atoms with Crippen LogP contribution in [0.2, 0.25) is 0 Å². The molecular weight excluding hydrogens is 621 g/mol. The third-order valence-corrected chi connectivity index (χ3v) is 10.4. The third-order valence-electron chi connectivity index (χ3n) is 10.4. The average molecular weight is 649 g/mol. The number of para-hydroxylation sites is 4. The van der Waals surface area contributed by atoms with Crippen molar-refractivity contribution in [2.75, 3.05) is 0 Å². The van der Waals surface area contributed by atoms with Gasteiger partial charge in [-0.1, -0.05) is 109 Å². The lowest BCUT2D eigenvalue weighted by Crippen LogP contribution is -1.94. The fraction of sp³-hybridized carbons (Fsp3) is 0. The largest absolute Gasteiger partial charge is 0.455 e. The molecule has 11 aromatic rings. The van der Waals surface area contributed by atoms with Gasteiger partial charge in [0.2, 0.25) is 0 Å². The molecule has 3 aromatic heterocycles. The highest BCUT2D eigenvalue weighted by molar-refractivity contribution is 6.13. The fourth-order valence-electron chi connectivity index (χ4n) is 8.11. The van der Waals surface area contributed by atoms with Crippen molar-refractivity contribution < 1.29 is 4.42 Å². The normalized spacial score (nSPS) is 11.8. The Morgan fingerprint density at radius 2 is 1.04 bits per heavy atom. The summed E-state index contributed by atoms with van der Waals surface area (Å²) in [6.45, 7) is 0. The Morgan fingerprint density at radius 1 is 0.412 bits per heavy atom. The molecule has 3 heteroatoms. The first-order chi connectivity index (χ1) is 25.3. The van der Waals surface area contributed by atoms with E-state index in [1.165, 1.54) is 38.1 Å². The summed E-state index contributed by atoms with van der Waals surface area (Å²) >= 11 is 0. The molecule has 0 radical (unpaired) electrons. The highest BCUT2D eigenvalue weighted by atomic mass is 16.3. The Morgan fingerprint density at radius 3 is 1.78 bits per heavy atom. The van der Waals surface area contributed by atoms with E-state index in [1.54, 1.807) is 0 Å². The van der Waals surface area contributed by atoms with E-state index >= 15 is 0 Å². The molecule has 0 aliphatic rings. The second kappa shape index (κ2) is 10.7. The van der Waals surface area contributed by atoms with Gasteiger partial charge >= 0.3 is 0 Å². The maximum atomic E-state index is 6.66. The molecule has 0 aliphatic carbocycles. The number of benzene rings is 7. The van der Waals surface area contributed by atoms with Crippen LogP contribution in [-0.4, -0.2) is 9.13 Å². The van der Waals surface area contributed by atoms with Crippen molar-refractivity contribution >= 4 is 65.6 Å². The van der Waals surface area contributed by atoms with E-state index < -0.39 is 0 Å². The maximum Gasteiger partial charge on any atom is 0.143 e. The first-order valence-electron chi connectivity index (χ1n) is 17.3. The standard InChI is InChI=1S/C48H28N2O/c1-2-13-34(14-3-1)49-45-23-9-6-18-39(45)41-29-31(24-26-46(41)49)32-25-27-47-42(30-32)40-20-11-19-36(48(40)51-47)33-12-10-15-35(28-33)50-43-21-7-4-16-37(43)38-17-5-8-22-44(38)50/h1-2,4-13,15-30H. The quantitative estimate of drug-likeness (QED) is 0.186. The van der Waals surface area contributed by atoms with E-state index in [4.69, 9.17) is 4.42 Å². The summed E-state index contributed by atoms with van der Waals surface area (Å²) in [4.78, 5) is 0. The molecule has 0 unspecified atom stereocenters. The summed E-state index contributed by atoms with van der Waals surface area (Å²) in [5.41, 5.74) is 13.1. The molecule has 3 nitrogen and oxygen atoms in total. The minimum absolute atomic E-state index is 0.883. The third kappa shape index (κ3) is 4.14. The smallest absolute Gasteiger partial charge is 0.143 e. The molecule has 0 bridgehead atoms. The second-order valence-corrected chi connectivity index (χ2v) is 13.2. The fourth-order valence-corrected chi connectivity index (χ4v) is 8.11. The summed E-state index contributed by atoms with van der Waals surface area (Å²) in [5, 5.41) is 7.16. The summed E-state index contributed by atoms with van der Waals surface area (Å²) < 4.78 is 11.3. The van der Waals surface area contributed by atoms with Gasteiger partial charge in [0.1, 0.15) is 11.2 Å². The summed E-state index contributed by atoms with van der Waals surface area (Å²) in [6, 6.07) is 66.9. The molecule has 51 heavy (non-hydrogen) atoms. The van der Waals surface area contributed by atoms with Crippen LogP contribution in [0.4, 0.5) is 0 Å². The van der Waals surface area contributed by atoms with E-state index in [2.05, 4.69) is 179 Å². The van der Waals surface area contributed by atoms with E-state index in [0.717, 1.165) is 61.0 Å². The van der Waals surface area contributed by atoms with Crippen molar-refractivity contribution in [1.82, 2.24) is 9.13 Å². The van der Waals surface area contributed by atoms with Gasteiger partial charge in [0.15, 0.2) is 0 Å². The van der Waals surface area contributed by atoms with Crippen LogP contribution in [0.1, 0.15) is 0 Å². The van der Waals surface area contributed by atoms with Crippen molar-refractivity contribution in [2.24, 2.45) is 0 Å². The topological polar surface area (TPSA) is 23.0 Å². The monoisotopic (exact) mass is 648 g/mol. The minimum atomic E-state index is 0.883. The van der Waals surface area contributed by atoms with Crippen LogP contribution in [0.15, 0.2) is 174 Å². The Hall–Kier alpha value is -7.02. The molecule has 0 spiro atoms. The van der Waals surface area contributed by atoms with Crippen LogP contribution in [0.5, 0.6) is 0 Å². The molecule has 0 fully saturated rings. The lowest BCUT2D eigenvalue weighted by atomic mass is 9.99. The molecule has 0 atom stereocenters.